The second-order valence-corrected chi connectivity index (χ2v) is 5.48. The number of carbonyl (C=O) groups is 1. The SMILES string of the molecule is Cc1[nH]nc(C(=O)N[C@H]2CCc3ccccc3C2)c1[N+](=O)[O-]. The fourth-order valence-electron chi connectivity index (χ4n) is 2.88. The molecule has 22 heavy (non-hydrogen) atoms. The number of amides is 1. The van der Waals surface area contributed by atoms with Crippen LogP contribution in [0, 0.1) is 17.0 Å². The zero-order valence-electron chi connectivity index (χ0n) is 12.1. The summed E-state index contributed by atoms with van der Waals surface area (Å²) in [5.41, 5.74) is 2.39. The van der Waals surface area contributed by atoms with E-state index >= 15 is 0 Å². The molecule has 2 aromatic rings. The Morgan fingerprint density at radius 1 is 1.41 bits per heavy atom. The summed E-state index contributed by atoms with van der Waals surface area (Å²) in [5.74, 6) is -0.500. The summed E-state index contributed by atoms with van der Waals surface area (Å²) in [7, 11) is 0. The van der Waals surface area contributed by atoms with Crippen LogP contribution in [0.4, 0.5) is 5.69 Å². The van der Waals surface area contributed by atoms with Crippen LogP contribution in [0.25, 0.3) is 0 Å². The molecule has 0 unspecified atom stereocenters. The van der Waals surface area contributed by atoms with E-state index in [2.05, 4.69) is 27.6 Å². The Labute approximate surface area is 126 Å². The minimum atomic E-state index is -0.579. The van der Waals surface area contributed by atoms with Crippen LogP contribution in [0.2, 0.25) is 0 Å². The molecule has 1 amide bonds. The molecule has 3 rings (SSSR count). The zero-order chi connectivity index (χ0) is 15.7. The van der Waals surface area contributed by atoms with Gasteiger partial charge in [-0.2, -0.15) is 5.10 Å². The van der Waals surface area contributed by atoms with E-state index < -0.39 is 10.8 Å². The van der Waals surface area contributed by atoms with Crippen LogP contribution in [-0.2, 0) is 12.8 Å². The van der Waals surface area contributed by atoms with Gasteiger partial charge in [-0.05, 0) is 37.3 Å². The first kappa shape index (κ1) is 14.2. The number of carbonyl (C=O) groups excluding carboxylic acids is 1. The first-order valence-electron chi connectivity index (χ1n) is 7.13. The van der Waals surface area contributed by atoms with Crippen molar-refractivity contribution in [2.75, 3.05) is 0 Å². The van der Waals surface area contributed by atoms with Crippen molar-refractivity contribution in [3.8, 4) is 0 Å². The molecule has 1 atom stereocenters. The summed E-state index contributed by atoms with van der Waals surface area (Å²) in [4.78, 5) is 22.7. The molecule has 1 aromatic carbocycles. The first-order chi connectivity index (χ1) is 10.6. The van der Waals surface area contributed by atoms with E-state index in [1.54, 1.807) is 0 Å². The second-order valence-electron chi connectivity index (χ2n) is 5.48. The monoisotopic (exact) mass is 300 g/mol. The smallest absolute Gasteiger partial charge is 0.322 e. The predicted molar refractivity (Wildman–Crippen MR) is 79.7 cm³/mol. The lowest BCUT2D eigenvalue weighted by atomic mass is 9.88. The number of aryl methyl sites for hydroxylation is 2. The molecule has 2 N–H and O–H groups in total. The number of nitrogens with zero attached hydrogens (tertiary/aromatic N) is 2. The van der Waals surface area contributed by atoms with Gasteiger partial charge in [0.15, 0.2) is 0 Å². The minimum absolute atomic E-state index is 0.0287. The lowest BCUT2D eigenvalue weighted by Crippen LogP contribution is -2.39. The summed E-state index contributed by atoms with van der Waals surface area (Å²) >= 11 is 0. The van der Waals surface area contributed by atoms with Gasteiger partial charge in [0.05, 0.1) is 4.92 Å². The Morgan fingerprint density at radius 3 is 2.86 bits per heavy atom. The lowest BCUT2D eigenvalue weighted by Gasteiger charge is -2.25. The van der Waals surface area contributed by atoms with Crippen LogP contribution in [0.1, 0.15) is 33.7 Å². The van der Waals surface area contributed by atoms with E-state index in [1.807, 2.05) is 12.1 Å². The number of aromatic nitrogens is 2. The van der Waals surface area contributed by atoms with Gasteiger partial charge in [0, 0.05) is 6.04 Å². The zero-order valence-corrected chi connectivity index (χ0v) is 12.1. The van der Waals surface area contributed by atoms with Crippen LogP contribution in [0.5, 0.6) is 0 Å². The molecule has 1 aliphatic carbocycles. The number of rotatable bonds is 3. The number of H-pyrrole nitrogens is 1. The van der Waals surface area contributed by atoms with E-state index in [0.29, 0.717) is 0 Å². The molecule has 0 fully saturated rings. The van der Waals surface area contributed by atoms with Gasteiger partial charge in [-0.3, -0.25) is 20.0 Å². The highest BCUT2D eigenvalue weighted by atomic mass is 16.6. The van der Waals surface area contributed by atoms with E-state index in [1.165, 1.54) is 18.1 Å². The fourth-order valence-corrected chi connectivity index (χ4v) is 2.88. The van der Waals surface area contributed by atoms with E-state index in [9.17, 15) is 14.9 Å². The van der Waals surface area contributed by atoms with Crippen molar-refractivity contribution in [2.24, 2.45) is 0 Å². The predicted octanol–water partition coefficient (Wildman–Crippen LogP) is 1.91. The number of benzene rings is 1. The van der Waals surface area contributed by atoms with Crippen LogP contribution in [0.3, 0.4) is 0 Å². The molecule has 0 spiro atoms. The van der Waals surface area contributed by atoms with Crippen molar-refractivity contribution in [1.29, 1.82) is 0 Å². The Morgan fingerprint density at radius 2 is 2.14 bits per heavy atom. The minimum Gasteiger partial charge on any atom is -0.347 e. The highest BCUT2D eigenvalue weighted by Gasteiger charge is 2.29. The average molecular weight is 300 g/mol. The van der Waals surface area contributed by atoms with Crippen molar-refractivity contribution in [2.45, 2.75) is 32.2 Å². The molecule has 0 saturated heterocycles. The third-order valence-electron chi connectivity index (χ3n) is 3.99. The highest BCUT2D eigenvalue weighted by Crippen LogP contribution is 2.23. The summed E-state index contributed by atoms with van der Waals surface area (Å²) < 4.78 is 0. The number of nitrogens with one attached hydrogen (secondary N) is 2. The number of hydrogen-bond donors (Lipinski definition) is 2. The van der Waals surface area contributed by atoms with E-state index in [4.69, 9.17) is 0 Å². The maximum Gasteiger partial charge on any atom is 0.322 e. The van der Waals surface area contributed by atoms with Gasteiger partial charge < -0.3 is 5.32 Å². The number of fused-ring (bicyclic) bond motifs is 1. The molecule has 7 nitrogen and oxygen atoms in total. The first-order valence-corrected chi connectivity index (χ1v) is 7.13. The Hall–Kier alpha value is -2.70. The molecule has 114 valence electrons. The molecule has 1 heterocycles. The summed E-state index contributed by atoms with van der Waals surface area (Å²) in [6, 6.07) is 8.10. The molecule has 0 bridgehead atoms. The van der Waals surface area contributed by atoms with Crippen molar-refractivity contribution in [3.05, 3.63) is 56.9 Å². The molecule has 0 aliphatic heterocycles. The van der Waals surface area contributed by atoms with Crippen molar-refractivity contribution < 1.29 is 9.72 Å². The van der Waals surface area contributed by atoms with Crippen LogP contribution in [0.15, 0.2) is 24.3 Å². The standard InChI is InChI=1S/C15H16N4O3/c1-9-14(19(21)22)13(18-17-9)15(20)16-12-7-6-10-4-2-3-5-11(10)8-12/h2-5,12H,6-8H2,1H3,(H,16,20)(H,17,18)/t12-/m0/s1. The van der Waals surface area contributed by atoms with Gasteiger partial charge in [0.2, 0.25) is 5.69 Å². The van der Waals surface area contributed by atoms with Crippen molar-refractivity contribution in [1.82, 2.24) is 15.5 Å². The quantitative estimate of drug-likeness (QED) is 0.668. The van der Waals surface area contributed by atoms with E-state index in [0.717, 1.165) is 19.3 Å². The van der Waals surface area contributed by atoms with Gasteiger partial charge in [-0.15, -0.1) is 0 Å². The maximum absolute atomic E-state index is 12.3. The number of aromatic amines is 1. The molecule has 7 heteroatoms. The highest BCUT2D eigenvalue weighted by molar-refractivity contribution is 5.96. The maximum atomic E-state index is 12.3. The largest absolute Gasteiger partial charge is 0.347 e. The summed E-state index contributed by atoms with van der Waals surface area (Å²) in [6.45, 7) is 1.53. The second kappa shape index (κ2) is 5.59. The summed E-state index contributed by atoms with van der Waals surface area (Å²) in [6.07, 6.45) is 2.45. The van der Waals surface area contributed by atoms with Crippen molar-refractivity contribution >= 4 is 11.6 Å². The molecular formula is C15H16N4O3. The third-order valence-corrected chi connectivity index (χ3v) is 3.99. The average Bonchev–Trinajstić information content (AvgIpc) is 2.89. The van der Waals surface area contributed by atoms with Gasteiger partial charge in [-0.25, -0.2) is 0 Å². The topological polar surface area (TPSA) is 101 Å². The third kappa shape index (κ3) is 2.57. The number of hydrogen-bond acceptors (Lipinski definition) is 4. The van der Waals surface area contributed by atoms with Gasteiger partial charge in [0.25, 0.3) is 5.91 Å². The van der Waals surface area contributed by atoms with Gasteiger partial charge in [0.1, 0.15) is 5.69 Å². The lowest BCUT2D eigenvalue weighted by molar-refractivity contribution is -0.385. The van der Waals surface area contributed by atoms with Gasteiger partial charge >= 0.3 is 5.69 Å². The summed E-state index contributed by atoms with van der Waals surface area (Å²) in [5, 5.41) is 20.2. The van der Waals surface area contributed by atoms with Gasteiger partial charge in [-0.1, -0.05) is 24.3 Å². The van der Waals surface area contributed by atoms with Crippen molar-refractivity contribution in [3.63, 3.8) is 0 Å². The number of nitro groups is 1. The van der Waals surface area contributed by atoms with Crippen LogP contribution in [-0.4, -0.2) is 27.1 Å². The van der Waals surface area contributed by atoms with Crippen LogP contribution >= 0.6 is 0 Å². The Bertz CT molecular complexity index is 738. The Balaban J connectivity index is 1.75. The van der Waals surface area contributed by atoms with E-state index in [-0.39, 0.29) is 23.1 Å². The normalized spacial score (nSPS) is 16.9. The molecule has 1 aliphatic rings. The van der Waals surface area contributed by atoms with Crippen LogP contribution < -0.4 is 5.32 Å². The molecule has 0 saturated carbocycles. The molecule has 1 aromatic heterocycles. The molecular weight excluding hydrogens is 284 g/mol. The fraction of sp³-hybridized carbons (Fsp3) is 0.333. The molecule has 0 radical (unpaired) electrons. The Kier molecular flexibility index (Phi) is 3.62.